The van der Waals surface area contributed by atoms with Crippen LogP contribution in [0, 0.1) is 0 Å². The van der Waals surface area contributed by atoms with Crippen molar-refractivity contribution >= 4 is 22.7 Å². The standard InChI is InChI=1S/C18H12ClF3N2O2S/c19-16-14(12-4-2-1-3-5-12)15(23-17(24-16)18(20,21)22)13-8-6-11(7-9-13)10-27(25)26/h1-9H,10H2,(H,25,26). The highest BCUT2D eigenvalue weighted by molar-refractivity contribution is 7.78. The quantitative estimate of drug-likeness (QED) is 0.472. The Bertz CT molecular complexity index is 980. The number of nitrogens with zero attached hydrogens (tertiary/aromatic N) is 2. The molecule has 0 radical (unpaired) electrons. The smallest absolute Gasteiger partial charge is 0.306 e. The van der Waals surface area contributed by atoms with Crippen molar-refractivity contribution in [2.75, 3.05) is 0 Å². The number of halogens is 4. The van der Waals surface area contributed by atoms with Crippen LogP contribution in [0.1, 0.15) is 11.4 Å². The van der Waals surface area contributed by atoms with Crippen molar-refractivity contribution in [3.05, 3.63) is 71.1 Å². The van der Waals surface area contributed by atoms with E-state index in [0.29, 0.717) is 16.7 Å². The fourth-order valence-electron chi connectivity index (χ4n) is 2.53. The summed E-state index contributed by atoms with van der Waals surface area (Å²) in [5.74, 6) is -1.41. The number of alkyl halides is 3. The number of hydrogen-bond donors (Lipinski definition) is 1. The molecule has 0 aliphatic carbocycles. The first-order valence-corrected chi connectivity index (χ1v) is 9.28. The van der Waals surface area contributed by atoms with Gasteiger partial charge in [-0.3, -0.25) is 0 Å². The normalized spacial score (nSPS) is 12.8. The summed E-state index contributed by atoms with van der Waals surface area (Å²) >= 11 is 4.08. The molecule has 0 aliphatic heterocycles. The van der Waals surface area contributed by atoms with E-state index in [0.717, 1.165) is 0 Å². The van der Waals surface area contributed by atoms with Crippen LogP contribution in [0.25, 0.3) is 22.4 Å². The summed E-state index contributed by atoms with van der Waals surface area (Å²) in [7, 11) is 0. The van der Waals surface area contributed by atoms with Gasteiger partial charge in [-0.25, -0.2) is 14.2 Å². The van der Waals surface area contributed by atoms with Gasteiger partial charge in [-0.05, 0) is 11.1 Å². The zero-order chi connectivity index (χ0) is 19.6. The van der Waals surface area contributed by atoms with Gasteiger partial charge in [0.15, 0.2) is 11.1 Å². The Morgan fingerprint density at radius 1 is 0.963 bits per heavy atom. The van der Waals surface area contributed by atoms with E-state index in [1.54, 1.807) is 42.5 Å². The van der Waals surface area contributed by atoms with Crippen LogP contribution in [0.4, 0.5) is 13.2 Å². The van der Waals surface area contributed by atoms with Gasteiger partial charge in [0.2, 0.25) is 5.82 Å². The highest BCUT2D eigenvalue weighted by atomic mass is 35.5. The van der Waals surface area contributed by atoms with Gasteiger partial charge in [-0.1, -0.05) is 66.2 Å². The number of hydrogen-bond acceptors (Lipinski definition) is 3. The molecule has 1 N–H and O–H groups in total. The summed E-state index contributed by atoms with van der Waals surface area (Å²) in [6.45, 7) is 0. The van der Waals surface area contributed by atoms with E-state index in [2.05, 4.69) is 9.97 Å². The van der Waals surface area contributed by atoms with E-state index in [9.17, 15) is 17.4 Å². The Labute approximate surface area is 160 Å². The molecule has 0 bridgehead atoms. The van der Waals surface area contributed by atoms with E-state index < -0.39 is 23.1 Å². The van der Waals surface area contributed by atoms with Crippen molar-refractivity contribution in [1.82, 2.24) is 9.97 Å². The predicted octanol–water partition coefficient (Wildman–Crippen LogP) is 5.20. The Kier molecular flexibility index (Phi) is 5.59. The first-order chi connectivity index (χ1) is 12.8. The minimum atomic E-state index is -4.75. The lowest BCUT2D eigenvalue weighted by molar-refractivity contribution is -0.144. The third-order valence-corrected chi connectivity index (χ3v) is 4.55. The molecule has 140 valence electrons. The Hall–Kier alpha value is -2.29. The summed E-state index contributed by atoms with van der Waals surface area (Å²) in [5.41, 5.74) is 1.84. The van der Waals surface area contributed by atoms with Gasteiger partial charge < -0.3 is 4.55 Å². The maximum absolute atomic E-state index is 13.2. The highest BCUT2D eigenvalue weighted by Gasteiger charge is 2.36. The molecule has 3 rings (SSSR count). The Balaban J connectivity index is 2.19. The summed E-state index contributed by atoms with van der Waals surface area (Å²) in [5, 5.41) is -0.306. The molecule has 0 amide bonds. The topological polar surface area (TPSA) is 63.1 Å². The van der Waals surface area contributed by atoms with Crippen molar-refractivity contribution in [3.8, 4) is 22.4 Å². The third kappa shape index (κ3) is 4.52. The van der Waals surface area contributed by atoms with Gasteiger partial charge in [0.05, 0.1) is 11.4 Å². The molecule has 1 aromatic heterocycles. The van der Waals surface area contributed by atoms with Gasteiger partial charge in [0, 0.05) is 11.1 Å². The Morgan fingerprint density at radius 2 is 1.59 bits per heavy atom. The van der Waals surface area contributed by atoms with Crippen LogP contribution < -0.4 is 0 Å². The lowest BCUT2D eigenvalue weighted by Crippen LogP contribution is -2.12. The zero-order valence-corrected chi connectivity index (χ0v) is 15.1. The van der Waals surface area contributed by atoms with Gasteiger partial charge in [-0.15, -0.1) is 0 Å². The maximum Gasteiger partial charge on any atom is 0.451 e. The maximum atomic E-state index is 13.2. The molecule has 0 saturated carbocycles. The molecule has 2 aromatic carbocycles. The van der Waals surface area contributed by atoms with E-state index in [-0.39, 0.29) is 22.2 Å². The van der Waals surface area contributed by atoms with E-state index in [1.165, 1.54) is 12.1 Å². The first-order valence-electron chi connectivity index (χ1n) is 7.62. The van der Waals surface area contributed by atoms with Crippen molar-refractivity contribution in [3.63, 3.8) is 0 Å². The van der Waals surface area contributed by atoms with Gasteiger partial charge in [0.25, 0.3) is 0 Å². The predicted molar refractivity (Wildman–Crippen MR) is 97.4 cm³/mol. The summed E-state index contributed by atoms with van der Waals surface area (Å²) in [4.78, 5) is 7.13. The minimum Gasteiger partial charge on any atom is -0.306 e. The lowest BCUT2D eigenvalue weighted by Gasteiger charge is -2.14. The third-order valence-electron chi connectivity index (χ3n) is 3.70. The van der Waals surface area contributed by atoms with Crippen LogP contribution in [0.3, 0.4) is 0 Å². The minimum absolute atomic E-state index is 0.0326. The van der Waals surface area contributed by atoms with Crippen LogP contribution in [0.5, 0.6) is 0 Å². The highest BCUT2D eigenvalue weighted by Crippen LogP contribution is 2.38. The van der Waals surface area contributed by atoms with Crippen LogP contribution in [-0.2, 0) is 23.0 Å². The molecule has 9 heteroatoms. The van der Waals surface area contributed by atoms with Crippen LogP contribution in [0.2, 0.25) is 5.15 Å². The van der Waals surface area contributed by atoms with Gasteiger partial charge in [0.1, 0.15) is 5.15 Å². The molecule has 0 aliphatic rings. The molecule has 3 aromatic rings. The number of benzene rings is 2. The summed E-state index contributed by atoms with van der Waals surface area (Å²) in [6.07, 6.45) is -4.75. The number of rotatable bonds is 4. The summed E-state index contributed by atoms with van der Waals surface area (Å²) < 4.78 is 59.3. The SMILES string of the molecule is O=S(O)Cc1ccc(-c2nc(C(F)(F)F)nc(Cl)c2-c2ccccc2)cc1. The van der Waals surface area contributed by atoms with E-state index in [1.807, 2.05) is 0 Å². The molecule has 1 heterocycles. The Morgan fingerprint density at radius 3 is 2.15 bits per heavy atom. The average Bonchev–Trinajstić information content (AvgIpc) is 2.61. The molecule has 1 atom stereocenters. The first kappa shape index (κ1) is 19.5. The molecule has 4 nitrogen and oxygen atoms in total. The van der Waals surface area contributed by atoms with E-state index >= 15 is 0 Å². The molecule has 0 fully saturated rings. The van der Waals surface area contributed by atoms with Crippen LogP contribution >= 0.6 is 11.6 Å². The fraction of sp³-hybridized carbons (Fsp3) is 0.111. The van der Waals surface area contributed by atoms with Crippen LogP contribution in [-0.4, -0.2) is 18.7 Å². The second-order valence-electron chi connectivity index (χ2n) is 5.59. The molecule has 1 unspecified atom stereocenters. The molecule has 27 heavy (non-hydrogen) atoms. The monoisotopic (exact) mass is 412 g/mol. The second kappa shape index (κ2) is 7.75. The molecule has 0 spiro atoms. The van der Waals surface area contributed by atoms with Crippen molar-refractivity contribution < 1.29 is 21.9 Å². The summed E-state index contributed by atoms with van der Waals surface area (Å²) in [6, 6.07) is 14.8. The van der Waals surface area contributed by atoms with Crippen molar-refractivity contribution in [2.45, 2.75) is 11.9 Å². The lowest BCUT2D eigenvalue weighted by atomic mass is 10.00. The van der Waals surface area contributed by atoms with Gasteiger partial charge >= 0.3 is 6.18 Å². The largest absolute Gasteiger partial charge is 0.451 e. The molecule has 0 saturated heterocycles. The fourth-order valence-corrected chi connectivity index (χ4v) is 3.29. The molecular weight excluding hydrogens is 401 g/mol. The average molecular weight is 413 g/mol. The number of aromatic nitrogens is 2. The molecular formula is C18H12ClF3N2O2S. The zero-order valence-electron chi connectivity index (χ0n) is 13.6. The van der Waals surface area contributed by atoms with Crippen molar-refractivity contribution in [1.29, 1.82) is 0 Å². The van der Waals surface area contributed by atoms with Crippen molar-refractivity contribution in [2.24, 2.45) is 0 Å². The second-order valence-corrected chi connectivity index (χ2v) is 6.88. The van der Waals surface area contributed by atoms with E-state index in [4.69, 9.17) is 16.2 Å². The van der Waals surface area contributed by atoms with Gasteiger partial charge in [-0.2, -0.15) is 13.2 Å². The van der Waals surface area contributed by atoms with Crippen LogP contribution in [0.15, 0.2) is 54.6 Å².